The predicted octanol–water partition coefficient (Wildman–Crippen LogP) is -3.37. The Labute approximate surface area is 184 Å². The number of aliphatic hydroxyl groups excluding tert-OH is 1. The normalized spacial score (nSPS) is 15.4. The van der Waals surface area contributed by atoms with Crippen LogP contribution in [0.3, 0.4) is 0 Å². The molecule has 10 N–H and O–H groups in total. The first-order chi connectivity index (χ1) is 14.8. The summed E-state index contributed by atoms with van der Waals surface area (Å²) in [7, 11) is 0. The van der Waals surface area contributed by atoms with Crippen molar-refractivity contribution in [3.8, 4) is 0 Å². The maximum atomic E-state index is 12.6. The number of nitrogens with one attached hydrogen (secondary N) is 3. The van der Waals surface area contributed by atoms with Gasteiger partial charge in [-0.05, 0) is 12.3 Å². The fourth-order valence-electron chi connectivity index (χ4n) is 2.52. The van der Waals surface area contributed by atoms with E-state index in [1.165, 1.54) is 0 Å². The summed E-state index contributed by atoms with van der Waals surface area (Å²) in [5, 5.41) is 34.0. The number of carboxylic acid groups (broad SMARTS) is 2. The molecule has 0 fully saturated rings. The van der Waals surface area contributed by atoms with E-state index in [0.717, 1.165) is 0 Å². The van der Waals surface area contributed by atoms with E-state index < -0.39 is 78.7 Å². The average Bonchev–Trinajstić information content (AvgIpc) is 2.70. The highest BCUT2D eigenvalue weighted by Crippen LogP contribution is 2.09. The smallest absolute Gasteiger partial charge is 0.326 e. The van der Waals surface area contributed by atoms with E-state index in [1.54, 1.807) is 13.8 Å². The van der Waals surface area contributed by atoms with E-state index in [0.29, 0.717) is 6.42 Å². The van der Waals surface area contributed by atoms with Crippen molar-refractivity contribution in [3.05, 3.63) is 0 Å². The van der Waals surface area contributed by atoms with Crippen molar-refractivity contribution in [2.24, 2.45) is 17.4 Å². The van der Waals surface area contributed by atoms with E-state index in [4.69, 9.17) is 16.6 Å². The van der Waals surface area contributed by atoms with Gasteiger partial charge in [0.05, 0.1) is 19.1 Å². The Morgan fingerprint density at radius 1 is 0.906 bits per heavy atom. The Balaban J connectivity index is 5.39. The third kappa shape index (κ3) is 10.2. The second-order valence-electron chi connectivity index (χ2n) is 7.22. The van der Waals surface area contributed by atoms with E-state index in [-0.39, 0.29) is 12.8 Å². The SMILES string of the molecule is CCC(C)C(NC(=O)C(CCC(N)=O)NC(=O)C(CO)NC(=O)C(N)CC(=O)O)C(=O)O. The largest absolute Gasteiger partial charge is 0.481 e. The molecule has 5 atom stereocenters. The van der Waals surface area contributed by atoms with Gasteiger partial charge in [0, 0.05) is 6.42 Å². The number of nitrogens with two attached hydrogens (primary N) is 2. The molecule has 0 bridgehead atoms. The highest BCUT2D eigenvalue weighted by atomic mass is 16.4. The fraction of sp³-hybridized carbons (Fsp3) is 0.667. The lowest BCUT2D eigenvalue weighted by Gasteiger charge is -2.26. The van der Waals surface area contributed by atoms with Gasteiger partial charge in [-0.1, -0.05) is 20.3 Å². The maximum absolute atomic E-state index is 12.6. The standard InChI is InChI=1S/C18H31N5O9/c1-3-8(2)14(18(31)32)23-16(29)10(4-5-12(20)25)21-17(30)11(7-24)22-15(28)9(19)6-13(26)27/h8-11,14,24H,3-7,19H2,1-2H3,(H2,20,25)(H,21,30)(H,22,28)(H,23,29)(H,26,27)(H,31,32). The zero-order valence-electron chi connectivity index (χ0n) is 17.9. The Morgan fingerprint density at radius 3 is 1.88 bits per heavy atom. The van der Waals surface area contributed by atoms with Crippen molar-refractivity contribution in [2.45, 2.75) is 63.7 Å². The highest BCUT2D eigenvalue weighted by Gasteiger charge is 2.32. The van der Waals surface area contributed by atoms with Gasteiger partial charge in [-0.2, -0.15) is 0 Å². The molecule has 0 aliphatic rings. The summed E-state index contributed by atoms with van der Waals surface area (Å²) in [5.74, 6) is -6.83. The van der Waals surface area contributed by atoms with Crippen molar-refractivity contribution >= 4 is 35.6 Å². The highest BCUT2D eigenvalue weighted by molar-refractivity contribution is 5.95. The first kappa shape index (κ1) is 28.7. The van der Waals surface area contributed by atoms with Gasteiger partial charge in [0.25, 0.3) is 0 Å². The fourth-order valence-corrected chi connectivity index (χ4v) is 2.52. The van der Waals surface area contributed by atoms with Gasteiger partial charge in [-0.3, -0.25) is 24.0 Å². The minimum atomic E-state index is -1.59. The van der Waals surface area contributed by atoms with E-state index in [1.807, 2.05) is 0 Å². The number of hydrogen-bond acceptors (Lipinski definition) is 8. The molecule has 0 heterocycles. The molecule has 0 saturated carbocycles. The van der Waals surface area contributed by atoms with Crippen LogP contribution >= 0.6 is 0 Å². The number of hydrogen-bond donors (Lipinski definition) is 8. The molecular formula is C18H31N5O9. The quantitative estimate of drug-likeness (QED) is 0.120. The lowest BCUT2D eigenvalue weighted by Crippen LogP contribution is -2.58. The van der Waals surface area contributed by atoms with E-state index >= 15 is 0 Å². The summed E-state index contributed by atoms with van der Waals surface area (Å²) in [6.45, 7) is 2.42. The van der Waals surface area contributed by atoms with Crippen LogP contribution in [0.1, 0.15) is 39.5 Å². The average molecular weight is 461 g/mol. The molecule has 4 amide bonds. The number of primary amides is 1. The molecular weight excluding hydrogens is 430 g/mol. The second-order valence-corrected chi connectivity index (χ2v) is 7.22. The molecule has 14 nitrogen and oxygen atoms in total. The topological polar surface area (TPSA) is 251 Å². The molecule has 5 unspecified atom stereocenters. The predicted molar refractivity (Wildman–Crippen MR) is 109 cm³/mol. The minimum absolute atomic E-state index is 0.273. The molecule has 0 spiro atoms. The van der Waals surface area contributed by atoms with Crippen molar-refractivity contribution in [1.82, 2.24) is 16.0 Å². The molecule has 0 aromatic heterocycles. The molecule has 0 aliphatic heterocycles. The third-order valence-corrected chi connectivity index (χ3v) is 4.64. The van der Waals surface area contributed by atoms with E-state index in [2.05, 4.69) is 16.0 Å². The molecule has 32 heavy (non-hydrogen) atoms. The van der Waals surface area contributed by atoms with Gasteiger partial charge in [-0.25, -0.2) is 4.79 Å². The molecule has 0 saturated heterocycles. The number of amides is 4. The Kier molecular flexibility index (Phi) is 12.5. The Morgan fingerprint density at radius 2 is 1.44 bits per heavy atom. The van der Waals surface area contributed by atoms with Crippen molar-refractivity contribution in [2.75, 3.05) is 6.61 Å². The summed E-state index contributed by atoms with van der Waals surface area (Å²) in [4.78, 5) is 70.2. The molecule has 14 heteroatoms. The van der Waals surface area contributed by atoms with Gasteiger partial charge in [0.1, 0.15) is 18.1 Å². The van der Waals surface area contributed by atoms with Gasteiger partial charge < -0.3 is 42.7 Å². The molecule has 182 valence electrons. The maximum Gasteiger partial charge on any atom is 0.326 e. The van der Waals surface area contributed by atoms with Crippen LogP contribution in [0, 0.1) is 5.92 Å². The lowest BCUT2D eigenvalue weighted by atomic mass is 9.98. The van der Waals surface area contributed by atoms with Crippen LogP contribution in [0.2, 0.25) is 0 Å². The summed E-state index contributed by atoms with van der Waals surface area (Å²) >= 11 is 0. The number of aliphatic carboxylic acids is 2. The first-order valence-electron chi connectivity index (χ1n) is 9.84. The summed E-state index contributed by atoms with van der Waals surface area (Å²) in [6, 6.07) is -5.74. The second kappa shape index (κ2) is 13.9. The minimum Gasteiger partial charge on any atom is -0.481 e. The molecule has 0 radical (unpaired) electrons. The van der Waals surface area contributed by atoms with Crippen molar-refractivity contribution in [1.29, 1.82) is 0 Å². The third-order valence-electron chi connectivity index (χ3n) is 4.64. The summed E-state index contributed by atoms with van der Waals surface area (Å²) in [5.41, 5.74) is 10.5. The zero-order valence-corrected chi connectivity index (χ0v) is 17.9. The van der Waals surface area contributed by atoms with Crippen LogP contribution < -0.4 is 27.4 Å². The molecule has 0 aromatic rings. The van der Waals surface area contributed by atoms with Crippen LogP contribution in [0.25, 0.3) is 0 Å². The summed E-state index contributed by atoms with van der Waals surface area (Å²) in [6.07, 6.45) is -0.879. The molecule has 0 rings (SSSR count). The number of carbonyl (C=O) groups is 6. The van der Waals surface area contributed by atoms with Gasteiger partial charge in [0.15, 0.2) is 0 Å². The van der Waals surface area contributed by atoms with Gasteiger partial charge in [0.2, 0.25) is 23.6 Å². The monoisotopic (exact) mass is 461 g/mol. The zero-order chi connectivity index (χ0) is 25.0. The molecule has 0 aliphatic carbocycles. The van der Waals surface area contributed by atoms with Crippen LogP contribution in [0.4, 0.5) is 0 Å². The van der Waals surface area contributed by atoms with Crippen LogP contribution in [0.5, 0.6) is 0 Å². The summed E-state index contributed by atoms with van der Waals surface area (Å²) < 4.78 is 0. The number of carboxylic acids is 2. The van der Waals surface area contributed by atoms with Crippen LogP contribution in [0.15, 0.2) is 0 Å². The van der Waals surface area contributed by atoms with Gasteiger partial charge in [-0.15, -0.1) is 0 Å². The van der Waals surface area contributed by atoms with Crippen LogP contribution in [-0.2, 0) is 28.8 Å². The van der Waals surface area contributed by atoms with Crippen molar-refractivity contribution < 1.29 is 44.1 Å². The first-order valence-corrected chi connectivity index (χ1v) is 9.84. The Hall–Kier alpha value is -3.26. The number of carbonyl (C=O) groups excluding carboxylic acids is 4. The van der Waals surface area contributed by atoms with Gasteiger partial charge >= 0.3 is 11.9 Å². The number of rotatable bonds is 15. The number of aliphatic hydroxyl groups is 1. The van der Waals surface area contributed by atoms with Crippen molar-refractivity contribution in [3.63, 3.8) is 0 Å². The molecule has 0 aromatic carbocycles. The lowest BCUT2D eigenvalue weighted by molar-refractivity contribution is -0.144. The van der Waals surface area contributed by atoms with Crippen LogP contribution in [-0.4, -0.2) is 81.7 Å². The van der Waals surface area contributed by atoms with E-state index in [9.17, 15) is 39.0 Å². The Bertz CT molecular complexity index is 715.